The Labute approximate surface area is 108 Å². The molecule has 0 aliphatic heterocycles. The van der Waals surface area contributed by atoms with Crippen LogP contribution >= 0.6 is 0 Å². The van der Waals surface area contributed by atoms with Crippen LogP contribution in [0, 0.1) is 0 Å². The monoisotopic (exact) mass is 264 g/mol. The molecule has 17 heavy (non-hydrogen) atoms. The minimum absolute atomic E-state index is 0.148. The Morgan fingerprint density at radius 2 is 1.35 bits per heavy atom. The smallest absolute Gasteiger partial charge is 0.161 e. The Bertz CT molecular complexity index is 175. The zero-order valence-corrected chi connectivity index (χ0v) is 13.7. The van der Waals surface area contributed by atoms with Crippen LogP contribution in [0.1, 0.15) is 41.0 Å². The summed E-state index contributed by atoms with van der Waals surface area (Å²) in [5.41, 5.74) is -0.492. The van der Waals surface area contributed by atoms with Crippen molar-refractivity contribution in [3.8, 4) is 0 Å². The summed E-state index contributed by atoms with van der Waals surface area (Å²) < 4.78 is 22.6. The second kappa shape index (κ2) is 8.21. The molecule has 0 aliphatic carbocycles. The maximum absolute atomic E-state index is 5.80. The summed E-state index contributed by atoms with van der Waals surface area (Å²) in [6, 6.07) is 0. The van der Waals surface area contributed by atoms with Gasteiger partial charge in [-0.1, -0.05) is 6.92 Å². The van der Waals surface area contributed by atoms with E-state index in [0.717, 1.165) is 6.42 Å². The molecule has 4 nitrogen and oxygen atoms in total. The number of methoxy groups -OCH3 is 2. The minimum Gasteiger partial charge on any atom is -0.357 e. The molecular weight excluding hydrogens is 236 g/mol. The molecule has 0 N–H and O–H groups in total. The highest BCUT2D eigenvalue weighted by Gasteiger charge is 2.33. The van der Waals surface area contributed by atoms with Gasteiger partial charge < -0.3 is 18.9 Å². The SMILES string of the molecule is CCC(OC)(OC)[SiH2]C(OC(C)C)OC(C)C. The second-order valence-corrected chi connectivity index (χ2v) is 6.83. The quantitative estimate of drug-likeness (QED) is 0.469. The van der Waals surface area contributed by atoms with Crippen molar-refractivity contribution < 1.29 is 18.9 Å². The average molecular weight is 264 g/mol. The van der Waals surface area contributed by atoms with Crippen molar-refractivity contribution in [1.29, 1.82) is 0 Å². The van der Waals surface area contributed by atoms with E-state index in [9.17, 15) is 0 Å². The molecule has 0 saturated heterocycles. The largest absolute Gasteiger partial charge is 0.357 e. The third-order valence-corrected chi connectivity index (χ3v) is 5.03. The lowest BCUT2D eigenvalue weighted by molar-refractivity contribution is -0.173. The van der Waals surface area contributed by atoms with E-state index in [0.29, 0.717) is 0 Å². The third kappa shape index (κ3) is 6.52. The van der Waals surface area contributed by atoms with Crippen LogP contribution in [0.2, 0.25) is 0 Å². The van der Waals surface area contributed by atoms with Gasteiger partial charge in [0.1, 0.15) is 11.3 Å². The first-order valence-corrected chi connectivity index (χ1v) is 7.82. The van der Waals surface area contributed by atoms with E-state index in [-0.39, 0.29) is 18.1 Å². The molecule has 0 radical (unpaired) electrons. The molecule has 0 aromatic rings. The molecule has 0 atom stereocenters. The molecule has 0 spiro atoms. The zero-order chi connectivity index (χ0) is 13.5. The van der Waals surface area contributed by atoms with Crippen molar-refractivity contribution in [1.82, 2.24) is 0 Å². The highest BCUT2D eigenvalue weighted by Crippen LogP contribution is 2.18. The fourth-order valence-corrected chi connectivity index (χ4v) is 3.76. The van der Waals surface area contributed by atoms with Gasteiger partial charge in [0.25, 0.3) is 0 Å². The van der Waals surface area contributed by atoms with Crippen molar-refractivity contribution in [2.75, 3.05) is 14.2 Å². The molecule has 0 aromatic carbocycles. The van der Waals surface area contributed by atoms with Crippen molar-refractivity contribution in [2.45, 2.75) is 64.6 Å². The molecule has 0 amide bonds. The van der Waals surface area contributed by atoms with Crippen molar-refractivity contribution in [3.63, 3.8) is 0 Å². The second-order valence-electron chi connectivity index (χ2n) is 4.68. The van der Waals surface area contributed by atoms with Gasteiger partial charge in [0.05, 0.1) is 12.2 Å². The summed E-state index contributed by atoms with van der Waals surface area (Å²) in [4.78, 5) is 0. The maximum atomic E-state index is 5.80. The van der Waals surface area contributed by atoms with Gasteiger partial charge in [-0.25, -0.2) is 0 Å². The Morgan fingerprint density at radius 3 is 1.59 bits per heavy atom. The predicted molar refractivity (Wildman–Crippen MR) is 71.8 cm³/mol. The highest BCUT2D eigenvalue weighted by atomic mass is 28.2. The van der Waals surface area contributed by atoms with Crippen LogP contribution in [0.4, 0.5) is 0 Å². The lowest BCUT2D eigenvalue weighted by Gasteiger charge is -2.34. The molecule has 0 rings (SSSR count). The van der Waals surface area contributed by atoms with E-state index >= 15 is 0 Å². The molecule has 0 bridgehead atoms. The first-order chi connectivity index (χ1) is 7.89. The van der Waals surface area contributed by atoms with Gasteiger partial charge >= 0.3 is 0 Å². The fraction of sp³-hybridized carbons (Fsp3) is 1.00. The summed E-state index contributed by atoms with van der Waals surface area (Å²) in [7, 11) is 2.52. The van der Waals surface area contributed by atoms with E-state index in [1.54, 1.807) is 14.2 Å². The molecule has 0 aliphatic rings. The molecule has 5 heteroatoms. The molecular formula is C12H28O4Si. The van der Waals surface area contributed by atoms with Gasteiger partial charge in [-0.15, -0.1) is 0 Å². The first-order valence-electron chi connectivity index (χ1n) is 6.30. The Hall–Kier alpha value is 0.0569. The van der Waals surface area contributed by atoms with E-state index in [1.807, 2.05) is 27.7 Å². The molecule has 0 unspecified atom stereocenters. The third-order valence-electron chi connectivity index (χ3n) is 2.61. The molecule has 0 fully saturated rings. The maximum Gasteiger partial charge on any atom is 0.161 e. The molecule has 104 valence electrons. The lowest BCUT2D eigenvalue weighted by Crippen LogP contribution is -2.48. The van der Waals surface area contributed by atoms with Crippen LogP contribution < -0.4 is 0 Å². The van der Waals surface area contributed by atoms with Gasteiger partial charge in [0, 0.05) is 14.2 Å². The van der Waals surface area contributed by atoms with Crippen molar-refractivity contribution in [2.24, 2.45) is 0 Å². The Balaban J connectivity index is 4.57. The van der Waals surface area contributed by atoms with Gasteiger partial charge in [-0.3, -0.25) is 0 Å². The first kappa shape index (κ1) is 17.1. The van der Waals surface area contributed by atoms with Crippen LogP contribution in [0.5, 0.6) is 0 Å². The summed E-state index contributed by atoms with van der Waals surface area (Å²) in [5, 5.41) is 0. The van der Waals surface area contributed by atoms with Crippen LogP contribution in [0.15, 0.2) is 0 Å². The van der Waals surface area contributed by atoms with Crippen molar-refractivity contribution in [3.05, 3.63) is 0 Å². The summed E-state index contributed by atoms with van der Waals surface area (Å²) >= 11 is 0. The van der Waals surface area contributed by atoms with Crippen LogP contribution in [-0.2, 0) is 18.9 Å². The molecule has 0 saturated carbocycles. The molecule has 0 heterocycles. The molecule has 0 aromatic heterocycles. The van der Waals surface area contributed by atoms with Crippen LogP contribution in [0.3, 0.4) is 0 Å². The summed E-state index contributed by atoms with van der Waals surface area (Å²) in [5.74, 6) is -0.171. The topological polar surface area (TPSA) is 36.9 Å². The van der Waals surface area contributed by atoms with E-state index < -0.39 is 14.9 Å². The zero-order valence-electron chi connectivity index (χ0n) is 12.3. The standard InChI is InChI=1S/C12H28O4Si/c1-8-12(13-6,14-7)17-11(15-9(2)3)16-10(4)5/h9-11H,8,17H2,1-7H3. The number of hydrogen-bond acceptors (Lipinski definition) is 4. The van der Waals surface area contributed by atoms with Gasteiger partial charge in [-0.2, -0.15) is 0 Å². The predicted octanol–water partition coefficient (Wildman–Crippen LogP) is 1.65. The lowest BCUT2D eigenvalue weighted by atomic mass is 10.5. The van der Waals surface area contributed by atoms with Gasteiger partial charge in [0.15, 0.2) is 9.52 Å². The minimum atomic E-state index is -0.842. The Kier molecular flexibility index (Phi) is 8.24. The highest BCUT2D eigenvalue weighted by molar-refractivity contribution is 6.40. The van der Waals surface area contributed by atoms with Gasteiger partial charge in [0.2, 0.25) is 0 Å². The summed E-state index contributed by atoms with van der Waals surface area (Å²) in [6.45, 7) is 10.1. The fourth-order valence-electron chi connectivity index (χ4n) is 1.67. The van der Waals surface area contributed by atoms with Crippen LogP contribution in [-0.4, -0.2) is 47.3 Å². The Morgan fingerprint density at radius 1 is 0.941 bits per heavy atom. The normalized spacial score (nSPS) is 13.8. The van der Waals surface area contributed by atoms with E-state index in [4.69, 9.17) is 18.9 Å². The van der Waals surface area contributed by atoms with Crippen molar-refractivity contribution >= 4 is 9.52 Å². The average Bonchev–Trinajstić information content (AvgIpc) is 2.24. The number of hydrogen-bond donors (Lipinski definition) is 0. The summed E-state index contributed by atoms with van der Waals surface area (Å²) in [6.07, 6.45) is 1.11. The van der Waals surface area contributed by atoms with Crippen LogP contribution in [0.25, 0.3) is 0 Å². The number of ether oxygens (including phenoxy) is 4. The van der Waals surface area contributed by atoms with E-state index in [1.165, 1.54) is 0 Å². The van der Waals surface area contributed by atoms with E-state index in [2.05, 4.69) is 6.92 Å². The van der Waals surface area contributed by atoms with Gasteiger partial charge in [-0.05, 0) is 34.1 Å². The number of rotatable bonds is 9.